The lowest BCUT2D eigenvalue weighted by Gasteiger charge is -2.33. The number of benzene rings is 1. The topological polar surface area (TPSA) is 73.1 Å². The summed E-state index contributed by atoms with van der Waals surface area (Å²) in [5.74, 6) is 0.753. The minimum absolute atomic E-state index is 0.0260. The zero-order valence-corrected chi connectivity index (χ0v) is 15.7. The molecular weight excluding hydrogens is 373 g/mol. The van der Waals surface area contributed by atoms with Crippen molar-refractivity contribution in [2.24, 2.45) is 5.92 Å². The number of likely N-dealkylation sites (tertiary alicyclic amines) is 1. The van der Waals surface area contributed by atoms with Crippen LogP contribution in [0.15, 0.2) is 55.0 Å². The second-order valence-corrected chi connectivity index (χ2v) is 7.49. The average Bonchev–Trinajstić information content (AvgIpc) is 3.51. The molecule has 3 heterocycles. The third kappa shape index (κ3) is 3.24. The van der Waals surface area contributed by atoms with E-state index in [-0.39, 0.29) is 18.1 Å². The number of hydrogen-bond donors (Lipinski definition) is 0. The summed E-state index contributed by atoms with van der Waals surface area (Å²) in [6.45, 7) is 0.153. The monoisotopic (exact) mass is 393 g/mol. The van der Waals surface area contributed by atoms with Gasteiger partial charge in [-0.1, -0.05) is 12.1 Å². The summed E-state index contributed by atoms with van der Waals surface area (Å²) in [4.78, 5) is 20.9. The molecule has 0 N–H and O–H groups in total. The van der Waals surface area contributed by atoms with Gasteiger partial charge in [-0.2, -0.15) is 15.0 Å². The molecule has 5 rings (SSSR count). The number of aromatic nitrogens is 4. The lowest BCUT2D eigenvalue weighted by atomic mass is 10.1. The van der Waals surface area contributed by atoms with Crippen LogP contribution in [0.3, 0.4) is 0 Å². The summed E-state index contributed by atoms with van der Waals surface area (Å²) in [6, 6.07) is 10.6. The molecule has 7 nitrogen and oxygen atoms in total. The summed E-state index contributed by atoms with van der Waals surface area (Å²) in [5.41, 5.74) is 1.75. The number of halogens is 1. The van der Waals surface area contributed by atoms with Gasteiger partial charge in [0.2, 0.25) is 5.88 Å². The van der Waals surface area contributed by atoms with Gasteiger partial charge in [-0.25, -0.2) is 9.37 Å². The minimum atomic E-state index is -0.557. The van der Waals surface area contributed by atoms with Gasteiger partial charge in [0.1, 0.15) is 12.8 Å². The van der Waals surface area contributed by atoms with Crippen LogP contribution in [0.5, 0.6) is 5.88 Å². The van der Waals surface area contributed by atoms with E-state index in [1.54, 1.807) is 36.8 Å². The summed E-state index contributed by atoms with van der Waals surface area (Å²) >= 11 is 0. The van der Waals surface area contributed by atoms with Gasteiger partial charge in [-0.3, -0.25) is 4.79 Å². The Hall–Kier alpha value is -3.29. The molecule has 3 atom stereocenters. The number of hydrogen-bond acceptors (Lipinski definition) is 5. The van der Waals surface area contributed by atoms with E-state index in [1.807, 2.05) is 23.1 Å². The molecular formula is C21H20FN5O2. The fraction of sp³-hybridized carbons (Fsp3) is 0.333. The first-order valence-electron chi connectivity index (χ1n) is 9.67. The van der Waals surface area contributed by atoms with Gasteiger partial charge in [-0.15, -0.1) is 0 Å². The molecule has 2 fully saturated rings. The van der Waals surface area contributed by atoms with Crippen LogP contribution in [0.25, 0.3) is 5.69 Å². The summed E-state index contributed by atoms with van der Waals surface area (Å²) in [6.07, 6.45) is 6.35. The Labute approximate surface area is 167 Å². The van der Waals surface area contributed by atoms with Crippen molar-refractivity contribution in [3.05, 3.63) is 66.1 Å². The molecule has 1 aliphatic carbocycles. The highest BCUT2D eigenvalue weighted by molar-refractivity contribution is 5.98. The van der Waals surface area contributed by atoms with Crippen LogP contribution in [0.1, 0.15) is 28.8 Å². The molecule has 2 aromatic heterocycles. The highest BCUT2D eigenvalue weighted by Gasteiger charge is 2.48. The smallest absolute Gasteiger partial charge is 0.256 e. The number of para-hydroxylation sites is 1. The van der Waals surface area contributed by atoms with Crippen molar-refractivity contribution in [3.63, 3.8) is 0 Å². The summed E-state index contributed by atoms with van der Waals surface area (Å²) in [5, 5.41) is 8.32. The van der Waals surface area contributed by atoms with E-state index < -0.39 is 6.67 Å². The van der Waals surface area contributed by atoms with Crippen molar-refractivity contribution in [3.8, 4) is 11.6 Å². The van der Waals surface area contributed by atoms with E-state index >= 15 is 0 Å². The van der Waals surface area contributed by atoms with Crippen molar-refractivity contribution >= 4 is 5.91 Å². The lowest BCUT2D eigenvalue weighted by Crippen LogP contribution is -2.47. The third-order valence-corrected chi connectivity index (χ3v) is 5.68. The van der Waals surface area contributed by atoms with Gasteiger partial charge < -0.3 is 9.64 Å². The Morgan fingerprint density at radius 3 is 2.76 bits per heavy atom. The number of rotatable bonds is 5. The van der Waals surface area contributed by atoms with Crippen LogP contribution >= 0.6 is 0 Å². The normalized spacial score (nSPS) is 22.8. The molecule has 2 aliphatic rings. The van der Waals surface area contributed by atoms with Crippen LogP contribution in [0, 0.1) is 5.92 Å². The number of amides is 1. The van der Waals surface area contributed by atoms with E-state index in [2.05, 4.69) is 15.2 Å². The fourth-order valence-corrected chi connectivity index (χ4v) is 4.40. The third-order valence-electron chi connectivity index (χ3n) is 5.68. The second-order valence-electron chi connectivity index (χ2n) is 7.49. The van der Waals surface area contributed by atoms with Crippen molar-refractivity contribution < 1.29 is 13.9 Å². The van der Waals surface area contributed by atoms with Crippen LogP contribution in [0.4, 0.5) is 4.39 Å². The van der Waals surface area contributed by atoms with Crippen LogP contribution < -0.4 is 4.74 Å². The van der Waals surface area contributed by atoms with Crippen molar-refractivity contribution in [1.29, 1.82) is 0 Å². The zero-order valence-electron chi connectivity index (χ0n) is 15.7. The molecule has 2 bridgehead atoms. The van der Waals surface area contributed by atoms with E-state index in [1.165, 1.54) is 4.80 Å². The standard InChI is InChI=1S/C21H20FN5O2/c22-12-14-5-6-23-20(11-14)29-19-10-15-9-18(19)26(13-15)21(28)16-3-1-2-4-17(16)27-24-7-8-25-27/h1-8,11,15,18-19H,9-10,12-13H2. The largest absolute Gasteiger partial charge is 0.472 e. The molecule has 1 saturated carbocycles. The number of nitrogens with zero attached hydrogens (tertiary/aromatic N) is 5. The second kappa shape index (κ2) is 7.27. The van der Waals surface area contributed by atoms with Gasteiger partial charge in [-0.05, 0) is 42.5 Å². The van der Waals surface area contributed by atoms with Crippen molar-refractivity contribution in [2.75, 3.05) is 6.54 Å². The Bertz CT molecular complexity index is 1030. The van der Waals surface area contributed by atoms with Crippen molar-refractivity contribution in [1.82, 2.24) is 24.9 Å². The predicted octanol–water partition coefficient (Wildman–Crippen LogP) is 2.81. The molecule has 0 spiro atoms. The van der Waals surface area contributed by atoms with E-state index in [9.17, 15) is 9.18 Å². The van der Waals surface area contributed by atoms with Gasteiger partial charge in [0.15, 0.2) is 0 Å². The number of carbonyl (C=O) groups excluding carboxylic acids is 1. The molecule has 3 aromatic rings. The molecule has 29 heavy (non-hydrogen) atoms. The van der Waals surface area contributed by atoms with Gasteiger partial charge >= 0.3 is 0 Å². The Morgan fingerprint density at radius 2 is 1.97 bits per heavy atom. The average molecular weight is 393 g/mol. The minimum Gasteiger partial charge on any atom is -0.472 e. The van der Waals surface area contributed by atoms with Gasteiger partial charge in [0, 0.05) is 18.8 Å². The van der Waals surface area contributed by atoms with Crippen LogP contribution in [-0.4, -0.2) is 49.5 Å². The highest BCUT2D eigenvalue weighted by atomic mass is 19.1. The Balaban J connectivity index is 1.38. The molecule has 1 saturated heterocycles. The highest BCUT2D eigenvalue weighted by Crippen LogP contribution is 2.40. The van der Waals surface area contributed by atoms with Crippen LogP contribution in [-0.2, 0) is 6.67 Å². The number of ether oxygens (including phenoxy) is 1. The molecule has 148 valence electrons. The number of pyridine rings is 1. The number of carbonyl (C=O) groups is 1. The number of alkyl halides is 1. The first-order chi connectivity index (χ1) is 14.2. The molecule has 3 unspecified atom stereocenters. The quantitative estimate of drug-likeness (QED) is 0.667. The fourth-order valence-electron chi connectivity index (χ4n) is 4.40. The first-order valence-corrected chi connectivity index (χ1v) is 9.67. The van der Waals surface area contributed by atoms with E-state index in [0.717, 1.165) is 12.8 Å². The first kappa shape index (κ1) is 17.8. The predicted molar refractivity (Wildman–Crippen MR) is 102 cm³/mol. The Morgan fingerprint density at radius 1 is 1.14 bits per heavy atom. The van der Waals surface area contributed by atoms with Gasteiger partial charge in [0.25, 0.3) is 5.91 Å². The maximum absolute atomic E-state index is 13.4. The molecule has 1 aliphatic heterocycles. The maximum Gasteiger partial charge on any atom is 0.256 e. The maximum atomic E-state index is 13.4. The van der Waals surface area contributed by atoms with Gasteiger partial charge in [0.05, 0.1) is 29.7 Å². The Kier molecular flexibility index (Phi) is 4.46. The van der Waals surface area contributed by atoms with E-state index in [0.29, 0.717) is 35.2 Å². The molecule has 8 heteroatoms. The SMILES string of the molecule is O=C(c1ccccc1-n1nccn1)N1CC2CC(Oc3cc(CF)ccn3)C1C2. The number of fused-ring (bicyclic) bond motifs is 2. The zero-order chi connectivity index (χ0) is 19.8. The van der Waals surface area contributed by atoms with Crippen molar-refractivity contribution in [2.45, 2.75) is 31.7 Å². The summed E-state index contributed by atoms with van der Waals surface area (Å²) < 4.78 is 19.0. The molecule has 1 aromatic carbocycles. The molecule has 1 amide bonds. The van der Waals surface area contributed by atoms with E-state index in [4.69, 9.17) is 4.74 Å². The summed E-state index contributed by atoms with van der Waals surface area (Å²) in [7, 11) is 0. The molecule has 0 radical (unpaired) electrons. The van der Waals surface area contributed by atoms with Crippen LogP contribution in [0.2, 0.25) is 0 Å². The number of piperidine rings is 1. The lowest BCUT2D eigenvalue weighted by molar-refractivity contribution is 0.0466.